The van der Waals surface area contributed by atoms with Gasteiger partial charge >= 0.3 is 11.9 Å². The van der Waals surface area contributed by atoms with Crippen molar-refractivity contribution >= 4 is 11.9 Å². The maximum atomic E-state index is 12.6. The Morgan fingerprint density at radius 3 is 1.06 bits per heavy atom. The van der Waals surface area contributed by atoms with Crippen LogP contribution in [0.15, 0.2) is 11.1 Å². The minimum Gasteiger partial charge on any atom is -0.462 e. The first kappa shape index (κ1) is 32.7. The average Bonchev–Trinajstić information content (AvgIpc) is 2.90. The van der Waals surface area contributed by atoms with E-state index in [1.165, 1.54) is 103 Å². The standard InChI is InChI=1S/C32H58O4/c1-3-5-7-9-11-13-15-17-19-23-27-35-31(33)29-25-21-22-26-30(29)32(34)36-28-24-20-18-16-14-12-10-8-6-4-2/h3-28H2,1-2H3. The first-order chi connectivity index (χ1) is 17.7. The van der Waals surface area contributed by atoms with Gasteiger partial charge in [0.05, 0.1) is 13.2 Å². The molecule has 210 valence electrons. The highest BCUT2D eigenvalue weighted by molar-refractivity contribution is 6.00. The summed E-state index contributed by atoms with van der Waals surface area (Å²) < 4.78 is 11.1. The second-order valence-corrected chi connectivity index (χ2v) is 10.8. The molecular weight excluding hydrogens is 448 g/mol. The van der Waals surface area contributed by atoms with Crippen molar-refractivity contribution in [3.63, 3.8) is 0 Å². The van der Waals surface area contributed by atoms with Crippen molar-refractivity contribution in [1.82, 2.24) is 0 Å². The van der Waals surface area contributed by atoms with Crippen LogP contribution in [0.5, 0.6) is 0 Å². The number of esters is 2. The highest BCUT2D eigenvalue weighted by Gasteiger charge is 2.25. The molecule has 0 aromatic carbocycles. The smallest absolute Gasteiger partial charge is 0.334 e. The molecule has 0 N–H and O–H groups in total. The van der Waals surface area contributed by atoms with E-state index in [4.69, 9.17) is 9.47 Å². The lowest BCUT2D eigenvalue weighted by atomic mass is 9.91. The van der Waals surface area contributed by atoms with Crippen molar-refractivity contribution in [3.8, 4) is 0 Å². The van der Waals surface area contributed by atoms with E-state index in [0.29, 0.717) is 37.2 Å². The third-order valence-corrected chi connectivity index (χ3v) is 7.42. The molecule has 0 radical (unpaired) electrons. The topological polar surface area (TPSA) is 52.6 Å². The maximum Gasteiger partial charge on any atom is 0.334 e. The van der Waals surface area contributed by atoms with Gasteiger partial charge in [-0.15, -0.1) is 0 Å². The van der Waals surface area contributed by atoms with Gasteiger partial charge in [-0.25, -0.2) is 9.59 Å². The minimum atomic E-state index is -0.295. The monoisotopic (exact) mass is 506 g/mol. The van der Waals surface area contributed by atoms with Crippen LogP contribution in [0.2, 0.25) is 0 Å². The fourth-order valence-corrected chi connectivity index (χ4v) is 5.04. The molecule has 4 heteroatoms. The molecule has 0 heterocycles. The van der Waals surface area contributed by atoms with E-state index in [1.54, 1.807) is 0 Å². The molecule has 0 atom stereocenters. The predicted octanol–water partition coefficient (Wildman–Crippen LogP) is 9.79. The molecule has 0 aromatic rings. The van der Waals surface area contributed by atoms with Crippen LogP contribution in [0.1, 0.15) is 168 Å². The molecule has 0 aliphatic heterocycles. The molecule has 1 aliphatic carbocycles. The van der Waals surface area contributed by atoms with Crippen molar-refractivity contribution in [2.75, 3.05) is 13.2 Å². The van der Waals surface area contributed by atoms with E-state index in [0.717, 1.165) is 38.5 Å². The van der Waals surface area contributed by atoms with Crippen molar-refractivity contribution in [2.45, 2.75) is 168 Å². The van der Waals surface area contributed by atoms with Crippen molar-refractivity contribution in [2.24, 2.45) is 0 Å². The average molecular weight is 507 g/mol. The SMILES string of the molecule is CCCCCCCCCCCCOC(=O)C1=C(C(=O)OCCCCCCCCCCCC)CCCC1. The molecule has 0 saturated carbocycles. The lowest BCUT2D eigenvalue weighted by Gasteiger charge is -2.18. The van der Waals surface area contributed by atoms with Crippen LogP contribution in [-0.2, 0) is 19.1 Å². The summed E-state index contributed by atoms with van der Waals surface area (Å²) in [5.41, 5.74) is 1.14. The molecule has 1 aliphatic rings. The first-order valence-corrected chi connectivity index (χ1v) is 15.8. The van der Waals surface area contributed by atoms with Gasteiger partial charge in [0.25, 0.3) is 0 Å². The highest BCUT2D eigenvalue weighted by atomic mass is 16.5. The quantitative estimate of drug-likeness (QED) is 0.0965. The Morgan fingerprint density at radius 2 is 0.750 bits per heavy atom. The maximum absolute atomic E-state index is 12.6. The van der Waals surface area contributed by atoms with Crippen LogP contribution >= 0.6 is 0 Å². The van der Waals surface area contributed by atoms with Crippen molar-refractivity contribution < 1.29 is 19.1 Å². The zero-order valence-corrected chi connectivity index (χ0v) is 24.0. The predicted molar refractivity (Wildman–Crippen MR) is 151 cm³/mol. The summed E-state index contributed by atoms with van der Waals surface area (Å²) in [6, 6.07) is 0. The Labute approximate surface area is 223 Å². The largest absolute Gasteiger partial charge is 0.462 e. The second-order valence-electron chi connectivity index (χ2n) is 10.8. The molecule has 0 bridgehead atoms. The van der Waals surface area contributed by atoms with Crippen LogP contribution in [0.3, 0.4) is 0 Å². The molecule has 36 heavy (non-hydrogen) atoms. The molecule has 0 spiro atoms. The number of hydrogen-bond donors (Lipinski definition) is 0. The number of unbranched alkanes of at least 4 members (excludes halogenated alkanes) is 18. The summed E-state index contributed by atoms with van der Waals surface area (Å²) in [6.45, 7) is 5.42. The second kappa shape index (κ2) is 24.0. The number of ether oxygens (including phenoxy) is 2. The lowest BCUT2D eigenvalue weighted by molar-refractivity contribution is -0.143. The number of carbonyl (C=O) groups is 2. The van der Waals surface area contributed by atoms with Crippen LogP contribution in [0, 0.1) is 0 Å². The van der Waals surface area contributed by atoms with Gasteiger partial charge in [0, 0.05) is 11.1 Å². The van der Waals surface area contributed by atoms with E-state index in [9.17, 15) is 9.59 Å². The Bertz CT molecular complexity index is 531. The molecule has 0 saturated heterocycles. The van der Waals surface area contributed by atoms with E-state index in [2.05, 4.69) is 13.8 Å². The molecule has 0 aromatic heterocycles. The number of rotatable bonds is 24. The Hall–Kier alpha value is -1.32. The van der Waals surface area contributed by atoms with Crippen LogP contribution in [-0.4, -0.2) is 25.2 Å². The normalized spacial score (nSPS) is 13.7. The molecule has 1 rings (SSSR count). The first-order valence-electron chi connectivity index (χ1n) is 15.8. The van der Waals surface area contributed by atoms with Crippen molar-refractivity contribution in [1.29, 1.82) is 0 Å². The summed E-state index contributed by atoms with van der Waals surface area (Å²) >= 11 is 0. The molecule has 0 fully saturated rings. The van der Waals surface area contributed by atoms with Crippen molar-refractivity contribution in [3.05, 3.63) is 11.1 Å². The third kappa shape index (κ3) is 17.2. The van der Waals surface area contributed by atoms with Gasteiger partial charge in [-0.05, 0) is 38.5 Å². The van der Waals surface area contributed by atoms with Crippen LogP contribution in [0.25, 0.3) is 0 Å². The van der Waals surface area contributed by atoms with Crippen LogP contribution in [0.4, 0.5) is 0 Å². The summed E-state index contributed by atoms with van der Waals surface area (Å²) in [6.07, 6.45) is 28.3. The summed E-state index contributed by atoms with van der Waals surface area (Å²) in [7, 11) is 0. The van der Waals surface area contributed by atoms with Gasteiger partial charge in [-0.3, -0.25) is 0 Å². The van der Waals surface area contributed by atoms with Gasteiger partial charge < -0.3 is 9.47 Å². The van der Waals surface area contributed by atoms with Gasteiger partial charge in [-0.2, -0.15) is 0 Å². The van der Waals surface area contributed by atoms with E-state index < -0.39 is 0 Å². The van der Waals surface area contributed by atoms with E-state index >= 15 is 0 Å². The summed E-state index contributed by atoms with van der Waals surface area (Å²) in [5.74, 6) is -0.590. The zero-order valence-electron chi connectivity index (χ0n) is 24.0. The van der Waals surface area contributed by atoms with Gasteiger partial charge in [0.2, 0.25) is 0 Å². The zero-order chi connectivity index (χ0) is 26.1. The number of hydrogen-bond acceptors (Lipinski definition) is 4. The molecule has 4 nitrogen and oxygen atoms in total. The highest BCUT2D eigenvalue weighted by Crippen LogP contribution is 2.27. The van der Waals surface area contributed by atoms with Gasteiger partial charge in [-0.1, -0.05) is 129 Å². The van der Waals surface area contributed by atoms with E-state index in [1.807, 2.05) is 0 Å². The summed E-state index contributed by atoms with van der Waals surface area (Å²) in [4.78, 5) is 25.3. The molecule has 0 unspecified atom stereocenters. The van der Waals surface area contributed by atoms with Gasteiger partial charge in [0.15, 0.2) is 0 Å². The molecular formula is C32H58O4. The fourth-order valence-electron chi connectivity index (χ4n) is 5.04. The van der Waals surface area contributed by atoms with E-state index in [-0.39, 0.29) is 11.9 Å². The molecule has 0 amide bonds. The van der Waals surface area contributed by atoms with Gasteiger partial charge in [0.1, 0.15) is 0 Å². The van der Waals surface area contributed by atoms with Crippen LogP contribution < -0.4 is 0 Å². The Kier molecular flexibility index (Phi) is 21.8. The number of carbonyl (C=O) groups excluding carboxylic acids is 2. The third-order valence-electron chi connectivity index (χ3n) is 7.42. The lowest BCUT2D eigenvalue weighted by Crippen LogP contribution is -2.20. The fraction of sp³-hybridized carbons (Fsp3) is 0.875. The summed E-state index contributed by atoms with van der Waals surface area (Å²) in [5, 5.41) is 0. The Morgan fingerprint density at radius 1 is 0.472 bits per heavy atom. The Balaban J connectivity index is 2.14. The minimum absolute atomic E-state index is 0.295.